The summed E-state index contributed by atoms with van der Waals surface area (Å²) in [6.45, 7) is 6.61. The first kappa shape index (κ1) is 16.7. The minimum atomic E-state index is -3.62. The molecule has 0 atom stereocenters. The topological polar surface area (TPSA) is 93.1 Å². The molecule has 0 spiro atoms. The van der Waals surface area contributed by atoms with Gasteiger partial charge in [0, 0.05) is 17.9 Å². The lowest BCUT2D eigenvalue weighted by Crippen LogP contribution is -2.28. The fourth-order valence-electron chi connectivity index (χ4n) is 2.75. The van der Waals surface area contributed by atoms with Gasteiger partial charge in [0.1, 0.15) is 0 Å². The number of hydrogen-bond acceptors (Lipinski definition) is 4. The molecule has 8 heteroatoms. The van der Waals surface area contributed by atoms with Crippen LogP contribution in [-0.4, -0.2) is 30.7 Å². The Labute approximate surface area is 141 Å². The summed E-state index contributed by atoms with van der Waals surface area (Å²) in [5, 5.41) is 7.08. The number of benzene rings is 1. The van der Waals surface area contributed by atoms with Gasteiger partial charge in [0.2, 0.25) is 15.9 Å². The Balaban J connectivity index is 1.69. The maximum atomic E-state index is 12.4. The molecule has 3 rings (SSSR count). The summed E-state index contributed by atoms with van der Waals surface area (Å²) in [4.78, 5) is 11.5. The summed E-state index contributed by atoms with van der Waals surface area (Å²) in [6.07, 6.45) is 0.212. The van der Waals surface area contributed by atoms with Gasteiger partial charge in [0.15, 0.2) is 0 Å². The molecule has 0 bridgehead atoms. The zero-order valence-corrected chi connectivity index (χ0v) is 14.7. The van der Waals surface area contributed by atoms with Gasteiger partial charge in [-0.1, -0.05) is 0 Å². The zero-order valence-electron chi connectivity index (χ0n) is 13.9. The van der Waals surface area contributed by atoms with Gasteiger partial charge in [-0.15, -0.1) is 0 Å². The van der Waals surface area contributed by atoms with Gasteiger partial charge in [-0.25, -0.2) is 13.1 Å². The highest BCUT2D eigenvalue weighted by atomic mass is 32.2. The summed E-state index contributed by atoms with van der Waals surface area (Å²) in [5.41, 5.74) is 4.49. The normalized spacial score (nSPS) is 13.9. The highest BCUT2D eigenvalue weighted by Gasteiger charge is 2.21. The maximum Gasteiger partial charge on any atom is 0.240 e. The van der Waals surface area contributed by atoms with Crippen molar-refractivity contribution in [3.05, 3.63) is 40.7 Å². The quantitative estimate of drug-likeness (QED) is 0.851. The predicted molar refractivity (Wildman–Crippen MR) is 90.4 cm³/mol. The third-order valence-electron chi connectivity index (χ3n) is 4.37. The van der Waals surface area contributed by atoms with E-state index in [0.717, 1.165) is 17.0 Å². The minimum absolute atomic E-state index is 0.118. The van der Waals surface area contributed by atoms with Gasteiger partial charge in [0.25, 0.3) is 0 Å². The van der Waals surface area contributed by atoms with Gasteiger partial charge in [-0.05, 0) is 50.1 Å². The third-order valence-corrected chi connectivity index (χ3v) is 5.83. The fraction of sp³-hybridized carbons (Fsp3) is 0.375. The van der Waals surface area contributed by atoms with Crippen molar-refractivity contribution in [1.29, 1.82) is 0 Å². The monoisotopic (exact) mass is 348 g/mol. The number of aryl methyl sites for hydroxylation is 1. The van der Waals surface area contributed by atoms with E-state index >= 15 is 0 Å². The van der Waals surface area contributed by atoms with Crippen LogP contribution in [0.5, 0.6) is 0 Å². The lowest BCUT2D eigenvalue weighted by atomic mass is 10.2. The van der Waals surface area contributed by atoms with Crippen LogP contribution >= 0.6 is 0 Å². The van der Waals surface area contributed by atoms with Gasteiger partial charge in [0.05, 0.1) is 23.6 Å². The molecule has 2 heterocycles. The molecule has 0 fully saturated rings. The molecule has 0 radical (unpaired) electrons. The molecule has 1 amide bonds. The number of aromatic nitrogens is 2. The second kappa shape index (κ2) is 6.03. The Morgan fingerprint density at radius 1 is 1.29 bits per heavy atom. The van der Waals surface area contributed by atoms with Crippen LogP contribution in [0.25, 0.3) is 0 Å². The van der Waals surface area contributed by atoms with Crippen molar-refractivity contribution in [2.24, 2.45) is 0 Å². The van der Waals surface area contributed by atoms with Crippen LogP contribution in [0.3, 0.4) is 0 Å². The van der Waals surface area contributed by atoms with Crippen molar-refractivity contribution < 1.29 is 13.2 Å². The average molecular weight is 348 g/mol. The Hall–Kier alpha value is -2.19. The van der Waals surface area contributed by atoms with E-state index in [1.807, 2.05) is 20.8 Å². The smallest absolute Gasteiger partial charge is 0.240 e. The van der Waals surface area contributed by atoms with Crippen molar-refractivity contribution in [2.75, 3.05) is 11.9 Å². The van der Waals surface area contributed by atoms with Crippen molar-refractivity contribution >= 4 is 21.6 Å². The Kier molecular flexibility index (Phi) is 4.18. The molecule has 0 aliphatic carbocycles. The number of carbonyl (C=O) groups excluding carboxylic acids is 1. The summed E-state index contributed by atoms with van der Waals surface area (Å²) < 4.78 is 29.2. The average Bonchev–Trinajstić information content (AvgIpc) is 3.01. The van der Waals surface area contributed by atoms with E-state index in [-0.39, 0.29) is 23.8 Å². The first-order valence-corrected chi connectivity index (χ1v) is 9.19. The molecule has 0 saturated heterocycles. The maximum absolute atomic E-state index is 12.4. The highest BCUT2D eigenvalue weighted by molar-refractivity contribution is 7.89. The molecule has 7 nitrogen and oxygen atoms in total. The number of fused-ring (bicyclic) bond motifs is 1. The number of amides is 1. The number of hydrogen-bond donors (Lipinski definition) is 2. The Bertz CT molecular complexity index is 916. The highest BCUT2D eigenvalue weighted by Crippen LogP contribution is 2.25. The summed E-state index contributed by atoms with van der Waals surface area (Å²) in [6, 6.07) is 4.67. The largest absolute Gasteiger partial charge is 0.326 e. The van der Waals surface area contributed by atoms with E-state index in [1.54, 1.807) is 16.8 Å². The molecular weight excluding hydrogens is 328 g/mol. The van der Waals surface area contributed by atoms with Crippen LogP contribution in [0.4, 0.5) is 5.69 Å². The van der Waals surface area contributed by atoms with Crippen LogP contribution in [0.2, 0.25) is 0 Å². The predicted octanol–water partition coefficient (Wildman–Crippen LogP) is 1.28. The summed E-state index contributed by atoms with van der Waals surface area (Å²) >= 11 is 0. The number of nitrogens with one attached hydrogen (secondary N) is 2. The van der Waals surface area contributed by atoms with Crippen LogP contribution in [0, 0.1) is 20.8 Å². The van der Waals surface area contributed by atoms with Crippen molar-refractivity contribution in [3.63, 3.8) is 0 Å². The molecule has 0 unspecified atom stereocenters. The molecule has 1 aromatic heterocycles. The number of carbonyl (C=O) groups is 1. The molecule has 24 heavy (non-hydrogen) atoms. The lowest BCUT2D eigenvalue weighted by Gasteiger charge is -2.09. The van der Waals surface area contributed by atoms with E-state index in [4.69, 9.17) is 0 Å². The minimum Gasteiger partial charge on any atom is -0.326 e. The Morgan fingerprint density at radius 2 is 2.04 bits per heavy atom. The van der Waals surface area contributed by atoms with E-state index < -0.39 is 10.0 Å². The summed E-state index contributed by atoms with van der Waals surface area (Å²) in [5.74, 6) is -0.118. The fourth-order valence-corrected chi connectivity index (χ4v) is 3.82. The summed E-state index contributed by atoms with van der Waals surface area (Å²) in [7, 11) is -3.62. The van der Waals surface area contributed by atoms with Gasteiger partial charge >= 0.3 is 0 Å². The van der Waals surface area contributed by atoms with E-state index in [2.05, 4.69) is 15.1 Å². The van der Waals surface area contributed by atoms with Crippen molar-refractivity contribution in [3.8, 4) is 0 Å². The van der Waals surface area contributed by atoms with Gasteiger partial charge in [-0.2, -0.15) is 5.10 Å². The number of sulfonamides is 1. The van der Waals surface area contributed by atoms with Crippen LogP contribution in [0.15, 0.2) is 23.1 Å². The molecule has 2 N–H and O–H groups in total. The number of anilines is 1. The van der Waals surface area contributed by atoms with Crippen molar-refractivity contribution in [2.45, 2.75) is 38.6 Å². The van der Waals surface area contributed by atoms with Gasteiger partial charge < -0.3 is 5.32 Å². The third kappa shape index (κ3) is 3.07. The second-order valence-electron chi connectivity index (χ2n) is 5.96. The number of nitrogens with zero attached hydrogens (tertiary/aromatic N) is 2. The molecule has 1 aliphatic rings. The molecule has 0 saturated carbocycles. The first-order chi connectivity index (χ1) is 11.3. The molecule has 2 aromatic rings. The van der Waals surface area contributed by atoms with Crippen LogP contribution < -0.4 is 10.0 Å². The van der Waals surface area contributed by atoms with E-state index in [9.17, 15) is 13.2 Å². The molecule has 1 aliphatic heterocycles. The molecular formula is C16H20N4O3S. The van der Waals surface area contributed by atoms with E-state index in [0.29, 0.717) is 17.8 Å². The zero-order chi connectivity index (χ0) is 17.5. The number of rotatable bonds is 5. The standard InChI is InChI=1S/C16H20N4O3S/c1-10-11(2)19-20(12(10)3)7-6-17-24(22,23)14-4-5-15-13(8-14)9-16(21)18-15/h4-5,8,17H,6-7,9H2,1-3H3,(H,18,21). The first-order valence-electron chi connectivity index (χ1n) is 7.71. The molecule has 128 valence electrons. The van der Waals surface area contributed by atoms with Crippen LogP contribution in [-0.2, 0) is 27.8 Å². The van der Waals surface area contributed by atoms with Crippen molar-refractivity contribution in [1.82, 2.24) is 14.5 Å². The van der Waals surface area contributed by atoms with Crippen LogP contribution in [0.1, 0.15) is 22.5 Å². The van der Waals surface area contributed by atoms with E-state index in [1.165, 1.54) is 6.07 Å². The lowest BCUT2D eigenvalue weighted by molar-refractivity contribution is -0.115. The SMILES string of the molecule is Cc1nn(CCNS(=O)(=O)c2ccc3c(c2)CC(=O)N3)c(C)c1C. The molecule has 1 aromatic carbocycles. The van der Waals surface area contributed by atoms with Gasteiger partial charge in [-0.3, -0.25) is 9.48 Å². The second-order valence-corrected chi connectivity index (χ2v) is 7.73. The Morgan fingerprint density at radius 3 is 2.71 bits per heavy atom.